The molecule has 0 radical (unpaired) electrons. The summed E-state index contributed by atoms with van der Waals surface area (Å²) >= 11 is 0. The van der Waals surface area contributed by atoms with E-state index >= 15 is 0 Å². The molecule has 1 aliphatic heterocycles. The van der Waals surface area contributed by atoms with Crippen molar-refractivity contribution in [1.29, 1.82) is 0 Å². The lowest BCUT2D eigenvalue weighted by Gasteiger charge is -2.14. The molecule has 1 amide bonds. The minimum absolute atomic E-state index is 0.0255. The lowest BCUT2D eigenvalue weighted by molar-refractivity contribution is -0.124. The molecule has 70 valence electrons. The van der Waals surface area contributed by atoms with Gasteiger partial charge in [0.2, 0.25) is 0 Å². The Morgan fingerprint density at radius 3 is 2.42 bits per heavy atom. The number of hydrogen-bond acceptors (Lipinski definition) is 3. The highest BCUT2D eigenvalue weighted by molar-refractivity contribution is 7.87. The summed E-state index contributed by atoms with van der Waals surface area (Å²) < 4.78 is 24.6. The first-order valence-corrected chi connectivity index (χ1v) is 5.16. The predicted molar refractivity (Wildman–Crippen MR) is 43.6 cm³/mol. The average molecular weight is 192 g/mol. The Morgan fingerprint density at radius 2 is 2.08 bits per heavy atom. The molecule has 12 heavy (non-hydrogen) atoms. The zero-order chi connectivity index (χ0) is 9.35. The van der Waals surface area contributed by atoms with Crippen molar-refractivity contribution in [2.45, 2.75) is 13.3 Å². The van der Waals surface area contributed by atoms with Gasteiger partial charge in [-0.2, -0.15) is 12.7 Å². The van der Waals surface area contributed by atoms with Crippen LogP contribution < -0.4 is 0 Å². The molecule has 0 bridgehead atoms. The third-order valence-electron chi connectivity index (χ3n) is 1.74. The Kier molecular flexibility index (Phi) is 2.39. The van der Waals surface area contributed by atoms with E-state index in [9.17, 15) is 13.2 Å². The maximum absolute atomic E-state index is 11.3. The molecule has 0 saturated carbocycles. The predicted octanol–water partition coefficient (Wildman–Crippen LogP) is -0.585. The van der Waals surface area contributed by atoms with Crippen molar-refractivity contribution in [2.24, 2.45) is 0 Å². The van der Waals surface area contributed by atoms with Crippen LogP contribution in [0.15, 0.2) is 0 Å². The summed E-state index contributed by atoms with van der Waals surface area (Å²) in [5.74, 6) is -0.334. The first-order chi connectivity index (χ1) is 5.50. The molecule has 1 rings (SSSR count). The molecule has 0 N–H and O–H groups in total. The molecule has 1 aliphatic rings. The van der Waals surface area contributed by atoms with Gasteiger partial charge in [0.05, 0.1) is 6.54 Å². The van der Waals surface area contributed by atoms with Crippen LogP contribution in [0.4, 0.5) is 0 Å². The van der Waals surface area contributed by atoms with Gasteiger partial charge in [-0.15, -0.1) is 0 Å². The van der Waals surface area contributed by atoms with Gasteiger partial charge in [0.1, 0.15) is 0 Å². The number of carbonyl (C=O) groups is 1. The summed E-state index contributed by atoms with van der Waals surface area (Å²) in [5, 5.41) is 0. The fraction of sp³-hybridized carbons (Fsp3) is 0.833. The second-order valence-electron chi connectivity index (χ2n) is 2.73. The molecule has 1 heterocycles. The largest absolute Gasteiger partial charge is 0.306 e. The highest BCUT2D eigenvalue weighted by Gasteiger charge is 2.38. The van der Waals surface area contributed by atoms with E-state index in [4.69, 9.17) is 0 Å². The summed E-state index contributed by atoms with van der Waals surface area (Å²) in [7, 11) is -2.05. The fourth-order valence-electron chi connectivity index (χ4n) is 1.09. The van der Waals surface area contributed by atoms with E-state index in [2.05, 4.69) is 0 Å². The second kappa shape index (κ2) is 3.02. The van der Waals surface area contributed by atoms with E-state index in [0.29, 0.717) is 6.42 Å². The van der Waals surface area contributed by atoms with Gasteiger partial charge in [-0.3, -0.25) is 4.79 Å². The number of carbonyl (C=O) groups excluding carboxylic acids is 1. The van der Waals surface area contributed by atoms with E-state index in [1.165, 1.54) is 7.05 Å². The Balaban J connectivity index is 2.92. The number of likely N-dealkylation sites (N-methyl/N-ethyl adjacent to an activating group) is 1. The van der Waals surface area contributed by atoms with Gasteiger partial charge in [0.25, 0.3) is 5.91 Å². The summed E-state index contributed by atoms with van der Waals surface area (Å²) in [6.07, 6.45) is 0.652. The van der Waals surface area contributed by atoms with Crippen LogP contribution in [-0.2, 0) is 15.0 Å². The summed E-state index contributed by atoms with van der Waals surface area (Å²) in [6, 6.07) is 0. The minimum Gasteiger partial charge on any atom is -0.272 e. The number of hydrogen-bond donors (Lipinski definition) is 0. The monoisotopic (exact) mass is 192 g/mol. The summed E-state index contributed by atoms with van der Waals surface area (Å²) in [5.41, 5.74) is 0. The van der Waals surface area contributed by atoms with Crippen LogP contribution in [0, 0.1) is 0 Å². The molecule has 0 unspecified atom stereocenters. The van der Waals surface area contributed by atoms with E-state index in [1.54, 1.807) is 0 Å². The summed E-state index contributed by atoms with van der Waals surface area (Å²) in [4.78, 5) is 11.1. The molecular formula is C6H12N2O3S. The van der Waals surface area contributed by atoms with E-state index < -0.39 is 10.2 Å². The standard InChI is InChI=1S/C6H12N2O3S/c1-3-4-8-6(9)5-7(2)12(8,10)11/h3-5H2,1-2H3. The van der Waals surface area contributed by atoms with E-state index in [1.807, 2.05) is 6.92 Å². The highest BCUT2D eigenvalue weighted by atomic mass is 32.2. The third kappa shape index (κ3) is 1.32. The van der Waals surface area contributed by atoms with Crippen LogP contribution in [0.5, 0.6) is 0 Å². The second-order valence-corrected chi connectivity index (χ2v) is 4.69. The van der Waals surface area contributed by atoms with Gasteiger partial charge < -0.3 is 0 Å². The van der Waals surface area contributed by atoms with Gasteiger partial charge in [-0.25, -0.2) is 4.31 Å². The molecule has 0 aromatic rings. The molecule has 0 aromatic carbocycles. The van der Waals surface area contributed by atoms with E-state index in [-0.39, 0.29) is 19.0 Å². The van der Waals surface area contributed by atoms with E-state index in [0.717, 1.165) is 8.61 Å². The smallest absolute Gasteiger partial charge is 0.272 e. The molecule has 0 aliphatic carbocycles. The highest BCUT2D eigenvalue weighted by Crippen LogP contribution is 2.15. The maximum Gasteiger partial charge on any atom is 0.306 e. The molecule has 0 aromatic heterocycles. The zero-order valence-electron chi connectivity index (χ0n) is 7.15. The Morgan fingerprint density at radius 1 is 1.50 bits per heavy atom. The SMILES string of the molecule is CCCN1C(=O)CN(C)S1(=O)=O. The van der Waals surface area contributed by atoms with Crippen molar-refractivity contribution in [3.05, 3.63) is 0 Å². The fourth-order valence-corrected chi connectivity index (χ4v) is 2.43. The number of amides is 1. The van der Waals surface area contributed by atoms with Crippen molar-refractivity contribution >= 4 is 16.1 Å². The average Bonchev–Trinajstić information content (AvgIpc) is 2.14. The van der Waals surface area contributed by atoms with Crippen molar-refractivity contribution in [1.82, 2.24) is 8.61 Å². The molecule has 1 saturated heterocycles. The van der Waals surface area contributed by atoms with Gasteiger partial charge in [0.15, 0.2) is 0 Å². The molecule has 0 atom stereocenters. The van der Waals surface area contributed by atoms with Gasteiger partial charge in [-0.05, 0) is 6.42 Å². The van der Waals surface area contributed by atoms with Crippen LogP contribution in [0.25, 0.3) is 0 Å². The Bertz CT molecular complexity index is 285. The Hall–Kier alpha value is -0.620. The Labute approximate surface area is 72.1 Å². The first-order valence-electron chi connectivity index (χ1n) is 3.77. The minimum atomic E-state index is -3.46. The number of rotatable bonds is 2. The topological polar surface area (TPSA) is 57.7 Å². The van der Waals surface area contributed by atoms with Crippen molar-refractivity contribution in [3.63, 3.8) is 0 Å². The van der Waals surface area contributed by atoms with Crippen LogP contribution >= 0.6 is 0 Å². The van der Waals surface area contributed by atoms with Gasteiger partial charge in [0, 0.05) is 13.6 Å². The number of nitrogens with zero attached hydrogens (tertiary/aromatic N) is 2. The lowest BCUT2D eigenvalue weighted by Crippen LogP contribution is -2.33. The van der Waals surface area contributed by atoms with Crippen LogP contribution in [-0.4, -0.2) is 43.1 Å². The molecule has 0 spiro atoms. The van der Waals surface area contributed by atoms with Crippen LogP contribution in [0.3, 0.4) is 0 Å². The van der Waals surface area contributed by atoms with Crippen molar-refractivity contribution < 1.29 is 13.2 Å². The molecule has 1 fully saturated rings. The van der Waals surface area contributed by atoms with Gasteiger partial charge >= 0.3 is 10.2 Å². The molecular weight excluding hydrogens is 180 g/mol. The first kappa shape index (κ1) is 9.47. The quantitative estimate of drug-likeness (QED) is 0.588. The molecule has 6 heteroatoms. The summed E-state index contributed by atoms with van der Waals surface area (Å²) in [6.45, 7) is 2.09. The molecule has 5 nitrogen and oxygen atoms in total. The maximum atomic E-state index is 11.3. The van der Waals surface area contributed by atoms with Crippen molar-refractivity contribution in [2.75, 3.05) is 20.1 Å². The zero-order valence-corrected chi connectivity index (χ0v) is 7.97. The van der Waals surface area contributed by atoms with Crippen LogP contribution in [0.2, 0.25) is 0 Å². The van der Waals surface area contributed by atoms with Crippen molar-refractivity contribution in [3.8, 4) is 0 Å². The van der Waals surface area contributed by atoms with Gasteiger partial charge in [-0.1, -0.05) is 6.92 Å². The van der Waals surface area contributed by atoms with Crippen LogP contribution in [0.1, 0.15) is 13.3 Å². The third-order valence-corrected chi connectivity index (χ3v) is 3.60. The lowest BCUT2D eigenvalue weighted by atomic mass is 10.4. The normalized spacial score (nSPS) is 23.5.